The van der Waals surface area contributed by atoms with E-state index < -0.39 is 0 Å². The molecule has 1 aliphatic heterocycles. The molecule has 0 radical (unpaired) electrons. The molecule has 1 amide bonds. The lowest BCUT2D eigenvalue weighted by atomic mass is 9.98. The molecule has 1 aromatic carbocycles. The summed E-state index contributed by atoms with van der Waals surface area (Å²) in [5, 5.41) is 13.2. The molecule has 0 saturated carbocycles. The Hall–Kier alpha value is -1.55. The number of aromatic hydroxyl groups is 1. The summed E-state index contributed by atoms with van der Waals surface area (Å²) in [4.78, 5) is 14.5. The van der Waals surface area contributed by atoms with Crippen molar-refractivity contribution >= 4 is 5.91 Å². The molecule has 0 spiro atoms. The molecule has 0 bridgehead atoms. The van der Waals surface area contributed by atoms with Crippen LogP contribution in [0.25, 0.3) is 0 Å². The highest BCUT2D eigenvalue weighted by atomic mass is 16.3. The third kappa shape index (κ3) is 4.46. The Morgan fingerprint density at radius 1 is 1.43 bits per heavy atom. The van der Waals surface area contributed by atoms with Gasteiger partial charge < -0.3 is 15.3 Å². The summed E-state index contributed by atoms with van der Waals surface area (Å²) in [7, 11) is 0. The maximum Gasteiger partial charge on any atom is 0.227 e. The van der Waals surface area contributed by atoms with Crippen molar-refractivity contribution in [1.29, 1.82) is 0 Å². The van der Waals surface area contributed by atoms with Crippen molar-refractivity contribution < 1.29 is 9.90 Å². The van der Waals surface area contributed by atoms with Crippen LogP contribution in [-0.4, -0.2) is 41.6 Å². The molecule has 1 saturated heterocycles. The highest BCUT2D eigenvalue weighted by Crippen LogP contribution is 2.19. The van der Waals surface area contributed by atoms with Crippen LogP contribution in [0.5, 0.6) is 5.75 Å². The van der Waals surface area contributed by atoms with E-state index >= 15 is 0 Å². The van der Waals surface area contributed by atoms with Crippen LogP contribution in [0, 0.1) is 5.92 Å². The number of piperidine rings is 1. The van der Waals surface area contributed by atoms with Gasteiger partial charge in [0.05, 0.1) is 6.42 Å². The first-order valence-corrected chi connectivity index (χ1v) is 7.85. The quantitative estimate of drug-likeness (QED) is 0.874. The number of rotatable bonds is 5. The molecule has 1 aliphatic rings. The molecular formula is C17H26N2O2. The fourth-order valence-electron chi connectivity index (χ4n) is 2.88. The standard InChI is InChI=1S/C17H26N2O2/c1-13(2)19(12-14-6-5-9-18-11-14)17(21)10-15-7-3-4-8-16(15)20/h3-4,7-8,13-14,18,20H,5-6,9-12H2,1-2H3. The zero-order valence-electron chi connectivity index (χ0n) is 13.0. The Kier molecular flexibility index (Phi) is 5.62. The molecule has 2 rings (SSSR count). The number of para-hydroxylation sites is 1. The number of benzene rings is 1. The van der Waals surface area contributed by atoms with E-state index in [0.29, 0.717) is 11.5 Å². The average molecular weight is 290 g/mol. The van der Waals surface area contributed by atoms with E-state index in [2.05, 4.69) is 19.2 Å². The second-order valence-electron chi connectivity index (χ2n) is 6.16. The molecule has 4 nitrogen and oxygen atoms in total. The van der Waals surface area contributed by atoms with Crippen LogP contribution in [-0.2, 0) is 11.2 Å². The van der Waals surface area contributed by atoms with Gasteiger partial charge in [-0.25, -0.2) is 0 Å². The van der Waals surface area contributed by atoms with E-state index in [9.17, 15) is 9.90 Å². The van der Waals surface area contributed by atoms with E-state index in [1.54, 1.807) is 12.1 Å². The summed E-state index contributed by atoms with van der Waals surface area (Å²) in [6.45, 7) is 6.99. The number of hydrogen-bond donors (Lipinski definition) is 2. The van der Waals surface area contributed by atoms with Crippen molar-refractivity contribution in [3.8, 4) is 5.75 Å². The minimum Gasteiger partial charge on any atom is -0.508 e. The van der Waals surface area contributed by atoms with Crippen molar-refractivity contribution in [1.82, 2.24) is 10.2 Å². The van der Waals surface area contributed by atoms with Crippen molar-refractivity contribution in [2.75, 3.05) is 19.6 Å². The molecular weight excluding hydrogens is 264 g/mol. The van der Waals surface area contributed by atoms with Gasteiger partial charge in [-0.3, -0.25) is 4.79 Å². The van der Waals surface area contributed by atoms with Gasteiger partial charge in [-0.2, -0.15) is 0 Å². The van der Waals surface area contributed by atoms with Crippen LogP contribution in [0.4, 0.5) is 0 Å². The summed E-state index contributed by atoms with van der Waals surface area (Å²) >= 11 is 0. The first-order chi connectivity index (χ1) is 10.1. The van der Waals surface area contributed by atoms with Crippen LogP contribution < -0.4 is 5.32 Å². The number of nitrogens with one attached hydrogen (secondary N) is 1. The van der Waals surface area contributed by atoms with Crippen molar-refractivity contribution in [2.24, 2.45) is 5.92 Å². The first-order valence-electron chi connectivity index (χ1n) is 7.85. The van der Waals surface area contributed by atoms with Gasteiger partial charge in [0.15, 0.2) is 0 Å². The van der Waals surface area contributed by atoms with Crippen LogP contribution in [0.1, 0.15) is 32.3 Å². The molecule has 116 valence electrons. The van der Waals surface area contributed by atoms with Crippen molar-refractivity contribution in [3.05, 3.63) is 29.8 Å². The zero-order valence-corrected chi connectivity index (χ0v) is 13.0. The summed E-state index contributed by atoms with van der Waals surface area (Å²) in [6, 6.07) is 7.26. The SMILES string of the molecule is CC(C)N(CC1CCCNC1)C(=O)Cc1ccccc1O. The Morgan fingerprint density at radius 2 is 2.19 bits per heavy atom. The summed E-state index contributed by atoms with van der Waals surface area (Å²) in [5.74, 6) is 0.834. The Balaban J connectivity index is 2.00. The highest BCUT2D eigenvalue weighted by molar-refractivity contribution is 5.79. The molecule has 1 aromatic rings. The van der Waals surface area contributed by atoms with E-state index in [4.69, 9.17) is 0 Å². The second kappa shape index (κ2) is 7.46. The normalized spacial score (nSPS) is 18.7. The maximum absolute atomic E-state index is 12.6. The molecule has 1 unspecified atom stereocenters. The Morgan fingerprint density at radius 3 is 2.81 bits per heavy atom. The molecule has 1 atom stereocenters. The van der Waals surface area contributed by atoms with E-state index in [1.165, 1.54) is 12.8 Å². The van der Waals surface area contributed by atoms with Crippen LogP contribution in [0.3, 0.4) is 0 Å². The lowest BCUT2D eigenvalue weighted by Gasteiger charge is -2.33. The number of nitrogens with zero attached hydrogens (tertiary/aromatic N) is 1. The van der Waals surface area contributed by atoms with Crippen LogP contribution in [0.2, 0.25) is 0 Å². The van der Waals surface area contributed by atoms with Crippen LogP contribution >= 0.6 is 0 Å². The molecule has 4 heteroatoms. The third-order valence-electron chi connectivity index (χ3n) is 4.13. The predicted molar refractivity (Wildman–Crippen MR) is 84.3 cm³/mol. The van der Waals surface area contributed by atoms with Gasteiger partial charge in [-0.15, -0.1) is 0 Å². The van der Waals surface area contributed by atoms with E-state index in [-0.39, 0.29) is 24.1 Å². The van der Waals surface area contributed by atoms with Gasteiger partial charge >= 0.3 is 0 Å². The summed E-state index contributed by atoms with van der Waals surface area (Å²) in [6.07, 6.45) is 2.63. The fourth-order valence-corrected chi connectivity index (χ4v) is 2.88. The number of amides is 1. The van der Waals surface area contributed by atoms with Gasteiger partial charge in [0, 0.05) is 18.2 Å². The minimum absolute atomic E-state index is 0.0945. The van der Waals surface area contributed by atoms with Crippen molar-refractivity contribution in [3.63, 3.8) is 0 Å². The fraction of sp³-hybridized carbons (Fsp3) is 0.588. The molecule has 1 heterocycles. The maximum atomic E-state index is 12.6. The first kappa shape index (κ1) is 15.8. The van der Waals surface area contributed by atoms with E-state index in [0.717, 1.165) is 19.6 Å². The molecule has 0 aliphatic carbocycles. The number of carbonyl (C=O) groups is 1. The summed E-state index contributed by atoms with van der Waals surface area (Å²) in [5.41, 5.74) is 0.704. The minimum atomic E-state index is 0.0945. The number of phenolic OH excluding ortho intramolecular Hbond substituents is 1. The van der Waals surface area contributed by atoms with Crippen molar-refractivity contribution in [2.45, 2.75) is 39.2 Å². The predicted octanol–water partition coefficient (Wildman–Crippen LogP) is 2.17. The highest BCUT2D eigenvalue weighted by Gasteiger charge is 2.23. The molecule has 0 aromatic heterocycles. The molecule has 21 heavy (non-hydrogen) atoms. The van der Waals surface area contributed by atoms with Gasteiger partial charge in [0.1, 0.15) is 5.75 Å². The Labute approximate surface area is 127 Å². The van der Waals surface area contributed by atoms with Gasteiger partial charge in [0.2, 0.25) is 5.91 Å². The smallest absolute Gasteiger partial charge is 0.227 e. The Bertz CT molecular complexity index is 468. The topological polar surface area (TPSA) is 52.6 Å². The van der Waals surface area contributed by atoms with Gasteiger partial charge in [-0.1, -0.05) is 18.2 Å². The summed E-state index contributed by atoms with van der Waals surface area (Å²) < 4.78 is 0. The lowest BCUT2D eigenvalue weighted by molar-refractivity contribution is -0.133. The largest absolute Gasteiger partial charge is 0.508 e. The number of phenols is 1. The average Bonchev–Trinajstić information content (AvgIpc) is 2.48. The number of carbonyl (C=O) groups excluding carboxylic acids is 1. The van der Waals surface area contributed by atoms with E-state index in [1.807, 2.05) is 17.0 Å². The third-order valence-corrected chi connectivity index (χ3v) is 4.13. The monoisotopic (exact) mass is 290 g/mol. The molecule has 1 fully saturated rings. The van der Waals surface area contributed by atoms with Crippen LogP contribution in [0.15, 0.2) is 24.3 Å². The van der Waals surface area contributed by atoms with Gasteiger partial charge in [-0.05, 0) is 51.8 Å². The number of hydrogen-bond acceptors (Lipinski definition) is 3. The van der Waals surface area contributed by atoms with Gasteiger partial charge in [0.25, 0.3) is 0 Å². The lowest BCUT2D eigenvalue weighted by Crippen LogP contribution is -2.44. The molecule has 2 N–H and O–H groups in total. The second-order valence-corrected chi connectivity index (χ2v) is 6.16. The zero-order chi connectivity index (χ0) is 15.2.